The number of anilines is 1. The molecule has 0 unspecified atom stereocenters. The van der Waals surface area contributed by atoms with Crippen LogP contribution >= 0.6 is 0 Å². The molecule has 3 rings (SSSR count). The van der Waals surface area contributed by atoms with E-state index in [4.69, 9.17) is 15.9 Å². The number of amides is 1. The van der Waals surface area contributed by atoms with Crippen LogP contribution in [-0.2, 0) is 10.0 Å². The third-order valence-electron chi connectivity index (χ3n) is 3.57. The second-order valence-corrected chi connectivity index (χ2v) is 7.89. The molecule has 0 saturated carbocycles. The molecular weight excluding hydrogens is 416 g/mol. The number of fused-ring (bicyclic) bond motifs is 1. The standard InChI is InChI=1S/C17H16N4O4S.C3H8.C2H2/c1-10-8-12-9-13(4-7-15(12)25-10)20-17(19)21-26(23,24)14-5-2-11(3-6-14)16(18)22;1-3-2;1-2/h2-9H,1H3,(H2,18,22)(H3,19,20,21);3H2,1-2H3;1-2H. The normalized spacial score (nSPS) is 10.9. The van der Waals surface area contributed by atoms with E-state index >= 15 is 0 Å². The van der Waals surface area contributed by atoms with Crippen LogP contribution in [0.25, 0.3) is 11.0 Å². The maximum atomic E-state index is 12.3. The fraction of sp³-hybridized carbons (Fsp3) is 0.182. The monoisotopic (exact) mass is 442 g/mol. The van der Waals surface area contributed by atoms with Crippen molar-refractivity contribution >= 4 is 38.5 Å². The Hall–Kier alpha value is -3.77. The van der Waals surface area contributed by atoms with Crippen LogP contribution in [0, 0.1) is 19.8 Å². The van der Waals surface area contributed by atoms with Gasteiger partial charge in [-0.2, -0.15) is 8.42 Å². The SMILES string of the molecule is C#C.CCC.Cc1cc2cc(NC(N)=NS(=O)(=O)c3ccc(C(N)=O)cc3)ccc2o1. The summed E-state index contributed by atoms with van der Waals surface area (Å²) in [7, 11) is -4.03. The fourth-order valence-electron chi connectivity index (χ4n) is 2.40. The average Bonchev–Trinajstić information content (AvgIpc) is 3.09. The number of nitrogens with one attached hydrogen (secondary N) is 1. The second kappa shape index (κ2) is 11.4. The summed E-state index contributed by atoms with van der Waals surface area (Å²) >= 11 is 0. The molecule has 0 atom stereocenters. The van der Waals surface area contributed by atoms with E-state index in [-0.39, 0.29) is 16.4 Å². The Labute approximate surface area is 182 Å². The van der Waals surface area contributed by atoms with Crippen molar-refractivity contribution in [3.63, 3.8) is 0 Å². The molecule has 2 aromatic carbocycles. The zero-order chi connectivity index (χ0) is 23.6. The first-order valence-electron chi connectivity index (χ1n) is 9.27. The highest BCUT2D eigenvalue weighted by Gasteiger charge is 2.14. The Kier molecular flexibility index (Phi) is 9.31. The van der Waals surface area contributed by atoms with Crippen molar-refractivity contribution in [2.24, 2.45) is 15.9 Å². The molecule has 164 valence electrons. The van der Waals surface area contributed by atoms with E-state index in [1.54, 1.807) is 18.2 Å². The van der Waals surface area contributed by atoms with E-state index in [2.05, 4.69) is 36.4 Å². The molecule has 0 bridgehead atoms. The van der Waals surface area contributed by atoms with Gasteiger partial charge in [-0.3, -0.25) is 4.79 Å². The van der Waals surface area contributed by atoms with Crippen LogP contribution in [0.2, 0.25) is 0 Å². The topological polar surface area (TPSA) is 141 Å². The first-order chi connectivity index (χ1) is 14.7. The van der Waals surface area contributed by atoms with Crippen LogP contribution in [0.15, 0.2) is 62.2 Å². The van der Waals surface area contributed by atoms with Gasteiger partial charge in [0.15, 0.2) is 0 Å². The van der Waals surface area contributed by atoms with E-state index in [1.807, 2.05) is 13.0 Å². The molecule has 0 fully saturated rings. The first-order valence-corrected chi connectivity index (χ1v) is 10.7. The molecule has 1 heterocycles. The second-order valence-electron chi connectivity index (χ2n) is 6.28. The van der Waals surface area contributed by atoms with Crippen molar-refractivity contribution in [2.45, 2.75) is 32.1 Å². The molecule has 0 aliphatic rings. The number of guanidine groups is 1. The summed E-state index contributed by atoms with van der Waals surface area (Å²) in [5.41, 5.74) is 12.3. The third kappa shape index (κ3) is 7.21. The average molecular weight is 443 g/mol. The third-order valence-corrected chi connectivity index (χ3v) is 4.87. The van der Waals surface area contributed by atoms with Gasteiger partial charge in [-0.25, -0.2) is 0 Å². The minimum atomic E-state index is -4.03. The fourth-order valence-corrected chi connectivity index (χ4v) is 3.29. The summed E-state index contributed by atoms with van der Waals surface area (Å²) in [6.07, 6.45) is 9.25. The van der Waals surface area contributed by atoms with Crippen molar-refractivity contribution in [3.8, 4) is 12.8 Å². The molecule has 0 spiro atoms. The zero-order valence-electron chi connectivity index (χ0n) is 17.6. The van der Waals surface area contributed by atoms with Gasteiger partial charge in [-0.05, 0) is 55.5 Å². The molecule has 0 aliphatic carbocycles. The lowest BCUT2D eigenvalue weighted by Gasteiger charge is -2.06. The molecule has 8 nitrogen and oxygen atoms in total. The number of furan rings is 1. The molecule has 1 amide bonds. The highest BCUT2D eigenvalue weighted by atomic mass is 32.2. The quantitative estimate of drug-likeness (QED) is 0.320. The van der Waals surface area contributed by atoms with E-state index in [0.717, 1.165) is 11.1 Å². The Morgan fingerprint density at radius 2 is 1.65 bits per heavy atom. The molecule has 5 N–H and O–H groups in total. The van der Waals surface area contributed by atoms with E-state index < -0.39 is 15.9 Å². The Morgan fingerprint density at radius 1 is 1.06 bits per heavy atom. The van der Waals surface area contributed by atoms with Crippen molar-refractivity contribution < 1.29 is 17.6 Å². The number of carbonyl (C=O) groups excluding carboxylic acids is 1. The Morgan fingerprint density at radius 3 is 2.19 bits per heavy atom. The van der Waals surface area contributed by atoms with Gasteiger partial charge in [0.1, 0.15) is 11.3 Å². The maximum Gasteiger partial charge on any atom is 0.285 e. The number of nitrogens with zero attached hydrogens (tertiary/aromatic N) is 1. The molecule has 0 aliphatic heterocycles. The largest absolute Gasteiger partial charge is 0.461 e. The lowest BCUT2D eigenvalue weighted by molar-refractivity contribution is 0.1000. The number of nitrogens with two attached hydrogens (primary N) is 2. The van der Waals surface area contributed by atoms with Crippen LogP contribution in [-0.4, -0.2) is 20.3 Å². The number of terminal acetylenes is 1. The highest BCUT2D eigenvalue weighted by molar-refractivity contribution is 7.90. The minimum absolute atomic E-state index is 0.104. The number of sulfonamides is 1. The van der Waals surface area contributed by atoms with Gasteiger partial charge in [0.25, 0.3) is 10.0 Å². The number of benzene rings is 2. The highest BCUT2D eigenvalue weighted by Crippen LogP contribution is 2.22. The number of aryl methyl sites for hydroxylation is 1. The molecule has 0 saturated heterocycles. The van der Waals surface area contributed by atoms with Crippen molar-refractivity contribution in [2.75, 3.05) is 5.32 Å². The Bertz CT molecular complexity index is 1180. The summed E-state index contributed by atoms with van der Waals surface area (Å²) in [5.74, 6) is -0.173. The summed E-state index contributed by atoms with van der Waals surface area (Å²) in [5, 5.41) is 3.58. The predicted octanol–water partition coefficient (Wildman–Crippen LogP) is 3.62. The molecule has 31 heavy (non-hydrogen) atoms. The number of carbonyl (C=O) groups is 1. The predicted molar refractivity (Wildman–Crippen MR) is 124 cm³/mol. The number of primary amides is 1. The van der Waals surface area contributed by atoms with E-state index in [1.165, 1.54) is 30.7 Å². The van der Waals surface area contributed by atoms with Crippen molar-refractivity contribution in [1.82, 2.24) is 0 Å². The molecular formula is C22H26N4O4S. The Balaban J connectivity index is 0.000000884. The lowest BCUT2D eigenvalue weighted by atomic mass is 10.2. The van der Waals surface area contributed by atoms with Crippen LogP contribution in [0.4, 0.5) is 5.69 Å². The van der Waals surface area contributed by atoms with Gasteiger partial charge in [0.2, 0.25) is 11.9 Å². The van der Waals surface area contributed by atoms with Gasteiger partial charge in [-0.1, -0.05) is 20.3 Å². The smallest absolute Gasteiger partial charge is 0.285 e. The van der Waals surface area contributed by atoms with Crippen molar-refractivity contribution in [3.05, 3.63) is 59.9 Å². The summed E-state index contributed by atoms with van der Waals surface area (Å²) < 4.78 is 33.6. The van der Waals surface area contributed by atoms with Crippen LogP contribution in [0.5, 0.6) is 0 Å². The molecule has 9 heteroatoms. The summed E-state index contributed by atoms with van der Waals surface area (Å²) in [6, 6.07) is 12.2. The van der Waals surface area contributed by atoms with Gasteiger partial charge in [0.05, 0.1) is 4.90 Å². The number of rotatable bonds is 4. The van der Waals surface area contributed by atoms with Crippen LogP contribution in [0.1, 0.15) is 36.4 Å². The summed E-state index contributed by atoms with van der Waals surface area (Å²) in [4.78, 5) is 10.9. The van der Waals surface area contributed by atoms with E-state index in [0.29, 0.717) is 11.3 Å². The van der Waals surface area contributed by atoms with Crippen molar-refractivity contribution in [1.29, 1.82) is 0 Å². The van der Waals surface area contributed by atoms with E-state index in [9.17, 15) is 13.2 Å². The molecule has 3 aromatic rings. The molecule has 0 radical (unpaired) electrons. The number of hydrogen-bond acceptors (Lipinski definition) is 4. The molecule has 1 aromatic heterocycles. The first kappa shape index (κ1) is 25.3. The van der Waals surface area contributed by atoms with Gasteiger partial charge in [-0.15, -0.1) is 17.2 Å². The minimum Gasteiger partial charge on any atom is -0.461 e. The zero-order valence-corrected chi connectivity index (χ0v) is 18.4. The number of hydrogen-bond donors (Lipinski definition) is 3. The van der Waals surface area contributed by atoms with Gasteiger partial charge >= 0.3 is 0 Å². The van der Waals surface area contributed by atoms with Gasteiger partial charge in [0, 0.05) is 16.6 Å². The van der Waals surface area contributed by atoms with Gasteiger partial charge < -0.3 is 21.2 Å². The van der Waals surface area contributed by atoms with Crippen LogP contribution in [0.3, 0.4) is 0 Å². The summed E-state index contributed by atoms with van der Waals surface area (Å²) in [6.45, 7) is 6.08. The maximum absolute atomic E-state index is 12.3. The lowest BCUT2D eigenvalue weighted by Crippen LogP contribution is -2.24. The van der Waals surface area contributed by atoms with Crippen LogP contribution < -0.4 is 16.8 Å².